The first-order chi connectivity index (χ1) is 28.3. The molecule has 8 aromatic carbocycles. The van der Waals surface area contributed by atoms with Crippen molar-refractivity contribution in [2.24, 2.45) is 0 Å². The standard InChI is InChI=1S/C54H35N3/c1-3-17-36(18-4-1)39-25-15-26-40(37-19-5-2-6-20-37)53(39)57-50-31-14-10-24-44(50)46-27-16-32-51(54(46)57)56-49-30-13-9-23-43(49)45-34-33-38(35-52(45)56)55-47-28-11-7-21-41(47)42-22-8-12-29-48(42)55/h1-11,13-15,17-26,28,30-35H,12,29H2. The Morgan fingerprint density at radius 2 is 1.07 bits per heavy atom. The van der Waals surface area contributed by atoms with Crippen LogP contribution in [0.25, 0.3) is 99.9 Å². The van der Waals surface area contributed by atoms with Crippen LogP contribution in [0.3, 0.4) is 0 Å². The van der Waals surface area contributed by atoms with Gasteiger partial charge in [0, 0.05) is 55.7 Å². The second-order valence-electron chi connectivity index (χ2n) is 15.0. The van der Waals surface area contributed by atoms with E-state index in [1.165, 1.54) is 60.9 Å². The largest absolute Gasteiger partial charge is 0.313 e. The summed E-state index contributed by atoms with van der Waals surface area (Å²) in [5.74, 6) is 0. The maximum atomic E-state index is 3.62. The molecule has 3 heteroatoms. The molecule has 0 spiro atoms. The van der Waals surface area contributed by atoms with E-state index in [0.717, 1.165) is 57.1 Å². The topological polar surface area (TPSA) is 14.8 Å². The van der Waals surface area contributed by atoms with E-state index in [0.29, 0.717) is 0 Å². The summed E-state index contributed by atoms with van der Waals surface area (Å²) in [6.07, 6.45) is 6.68. The van der Waals surface area contributed by atoms with Gasteiger partial charge in [0.2, 0.25) is 0 Å². The number of allylic oxidation sites excluding steroid dienone is 1. The summed E-state index contributed by atoms with van der Waals surface area (Å²) >= 11 is 0. The number of fused-ring (bicyclic) bond motifs is 9. The van der Waals surface area contributed by atoms with Crippen molar-refractivity contribution in [1.29, 1.82) is 0 Å². The third kappa shape index (κ3) is 4.68. The highest BCUT2D eigenvalue weighted by Gasteiger charge is 2.25. The first-order valence-electron chi connectivity index (χ1n) is 19.8. The molecule has 0 bridgehead atoms. The monoisotopic (exact) mass is 725 g/mol. The van der Waals surface area contributed by atoms with Gasteiger partial charge in [-0.1, -0.05) is 164 Å². The highest BCUT2D eigenvalue weighted by atomic mass is 15.1. The molecule has 0 aliphatic heterocycles. The maximum Gasteiger partial charge on any atom is 0.0875 e. The van der Waals surface area contributed by atoms with Crippen LogP contribution in [0.4, 0.5) is 0 Å². The molecular weight excluding hydrogens is 691 g/mol. The number of para-hydroxylation sites is 4. The molecule has 0 fully saturated rings. The Hall–Kier alpha value is -7.54. The molecule has 0 saturated carbocycles. The molecule has 266 valence electrons. The highest BCUT2D eigenvalue weighted by molar-refractivity contribution is 6.15. The lowest BCUT2D eigenvalue weighted by Gasteiger charge is -2.20. The summed E-state index contributed by atoms with van der Waals surface area (Å²) < 4.78 is 7.47. The summed E-state index contributed by atoms with van der Waals surface area (Å²) in [7, 11) is 0. The van der Waals surface area contributed by atoms with Gasteiger partial charge >= 0.3 is 0 Å². The fraction of sp³-hybridized carbons (Fsp3) is 0.0370. The Morgan fingerprint density at radius 1 is 0.474 bits per heavy atom. The molecule has 0 atom stereocenters. The number of hydrogen-bond acceptors (Lipinski definition) is 0. The zero-order chi connectivity index (χ0) is 37.5. The van der Waals surface area contributed by atoms with Crippen molar-refractivity contribution in [2.45, 2.75) is 12.8 Å². The van der Waals surface area contributed by atoms with Crippen molar-refractivity contribution in [2.75, 3.05) is 0 Å². The van der Waals surface area contributed by atoms with Crippen LogP contribution in [0.5, 0.6) is 0 Å². The van der Waals surface area contributed by atoms with Crippen LogP contribution < -0.4 is 0 Å². The quantitative estimate of drug-likeness (QED) is 0.168. The van der Waals surface area contributed by atoms with E-state index in [4.69, 9.17) is 0 Å². The van der Waals surface area contributed by atoms with Crippen LogP contribution in [0, 0.1) is 12.1 Å². The molecule has 0 N–H and O–H groups in total. The first kappa shape index (κ1) is 31.8. The van der Waals surface area contributed by atoms with Gasteiger partial charge in [0.25, 0.3) is 0 Å². The molecule has 0 saturated heterocycles. The second-order valence-corrected chi connectivity index (χ2v) is 15.0. The smallest absolute Gasteiger partial charge is 0.0875 e. The third-order valence-electron chi connectivity index (χ3n) is 12.0. The summed E-state index contributed by atoms with van der Waals surface area (Å²) in [5.41, 5.74) is 16.5. The van der Waals surface area contributed by atoms with Crippen LogP contribution in [-0.2, 0) is 6.42 Å². The van der Waals surface area contributed by atoms with Gasteiger partial charge < -0.3 is 13.7 Å². The lowest BCUT2D eigenvalue weighted by atomic mass is 9.95. The van der Waals surface area contributed by atoms with E-state index in [1.54, 1.807) is 0 Å². The molecule has 57 heavy (non-hydrogen) atoms. The fourth-order valence-electron chi connectivity index (χ4n) is 9.57. The minimum atomic E-state index is 1.01. The predicted molar refractivity (Wildman–Crippen MR) is 238 cm³/mol. The van der Waals surface area contributed by atoms with Crippen LogP contribution in [0.15, 0.2) is 182 Å². The van der Waals surface area contributed by atoms with Crippen molar-refractivity contribution in [3.63, 3.8) is 0 Å². The third-order valence-corrected chi connectivity index (χ3v) is 12.0. The van der Waals surface area contributed by atoms with E-state index >= 15 is 0 Å². The van der Waals surface area contributed by atoms with Gasteiger partial charge in [-0.05, 0) is 54.3 Å². The number of benzene rings is 7. The molecule has 0 radical (unpaired) electrons. The SMILES string of the molecule is c1cc(-n2c3ccccc3c3ccc(-n4c5c(c6ccccc64)C=CCC5)cc32)c2c(c#1)c1ccccc1n2-c1c(-c2ccccc2)cccc1-c1ccccc1. The number of aromatic nitrogens is 3. The lowest BCUT2D eigenvalue weighted by molar-refractivity contribution is 0.889. The first-order valence-corrected chi connectivity index (χ1v) is 19.8. The van der Waals surface area contributed by atoms with Gasteiger partial charge in [-0.15, -0.1) is 0 Å². The molecule has 3 heterocycles. The Labute approximate surface area is 330 Å². The Kier molecular flexibility index (Phi) is 6.97. The molecular formula is C54H35N3. The molecule has 3 nitrogen and oxygen atoms in total. The minimum absolute atomic E-state index is 1.01. The summed E-state index contributed by atoms with van der Waals surface area (Å²) in [6.45, 7) is 0. The lowest BCUT2D eigenvalue weighted by Crippen LogP contribution is -2.05. The Morgan fingerprint density at radius 3 is 1.79 bits per heavy atom. The predicted octanol–water partition coefficient (Wildman–Crippen LogP) is 13.7. The molecule has 12 rings (SSSR count). The Bertz CT molecular complexity index is 3330. The maximum absolute atomic E-state index is 3.62. The van der Waals surface area contributed by atoms with E-state index < -0.39 is 0 Å². The van der Waals surface area contributed by atoms with Gasteiger partial charge in [-0.3, -0.25) is 0 Å². The average Bonchev–Trinajstić information content (AvgIpc) is 3.92. The van der Waals surface area contributed by atoms with Crippen molar-refractivity contribution >= 4 is 60.6 Å². The number of nitrogens with zero attached hydrogens (tertiary/aromatic N) is 3. The van der Waals surface area contributed by atoms with Crippen molar-refractivity contribution in [3.8, 4) is 39.3 Å². The van der Waals surface area contributed by atoms with E-state index in [-0.39, 0.29) is 0 Å². The number of hydrogen-bond donors (Lipinski definition) is 0. The molecule has 0 amide bonds. The summed E-state index contributed by atoms with van der Waals surface area (Å²) in [6, 6.07) is 71.0. The zero-order valence-corrected chi connectivity index (χ0v) is 31.2. The molecule has 3 aromatic heterocycles. The van der Waals surface area contributed by atoms with Crippen LogP contribution in [-0.4, -0.2) is 13.7 Å². The van der Waals surface area contributed by atoms with Gasteiger partial charge in [0.1, 0.15) is 0 Å². The van der Waals surface area contributed by atoms with Gasteiger partial charge in [-0.25, -0.2) is 0 Å². The van der Waals surface area contributed by atoms with Gasteiger partial charge in [-0.2, -0.15) is 0 Å². The van der Waals surface area contributed by atoms with Crippen molar-refractivity contribution in [1.82, 2.24) is 13.7 Å². The molecule has 0 unspecified atom stereocenters. The fourth-order valence-corrected chi connectivity index (χ4v) is 9.57. The normalized spacial score (nSPS) is 12.6. The van der Waals surface area contributed by atoms with Crippen LogP contribution >= 0.6 is 0 Å². The van der Waals surface area contributed by atoms with E-state index in [2.05, 4.69) is 214 Å². The van der Waals surface area contributed by atoms with E-state index in [1.807, 2.05) is 0 Å². The summed E-state index contributed by atoms with van der Waals surface area (Å²) in [4.78, 5) is 0. The highest BCUT2D eigenvalue weighted by Crippen LogP contribution is 2.44. The second kappa shape index (κ2) is 12.5. The zero-order valence-electron chi connectivity index (χ0n) is 31.2. The van der Waals surface area contributed by atoms with Crippen LogP contribution in [0.1, 0.15) is 17.7 Å². The van der Waals surface area contributed by atoms with Crippen LogP contribution in [0.2, 0.25) is 0 Å². The van der Waals surface area contributed by atoms with Gasteiger partial charge in [0.05, 0.1) is 44.3 Å². The van der Waals surface area contributed by atoms with Crippen molar-refractivity contribution < 1.29 is 0 Å². The minimum Gasteiger partial charge on any atom is -0.313 e. The molecule has 11 aromatic rings. The van der Waals surface area contributed by atoms with E-state index in [9.17, 15) is 0 Å². The summed E-state index contributed by atoms with van der Waals surface area (Å²) in [5, 5.41) is 5.93. The average molecular weight is 726 g/mol. The molecule has 1 aliphatic carbocycles. The number of rotatable bonds is 5. The Balaban J connectivity index is 1.22. The molecule has 1 aliphatic rings. The van der Waals surface area contributed by atoms with Crippen molar-refractivity contribution in [3.05, 3.63) is 205 Å². The van der Waals surface area contributed by atoms with Gasteiger partial charge in [0.15, 0.2) is 0 Å².